The van der Waals surface area contributed by atoms with Gasteiger partial charge in [-0.15, -0.1) is 24.0 Å². The van der Waals surface area contributed by atoms with Crippen LogP contribution in [-0.4, -0.2) is 70.1 Å². The number of aliphatic imine (C=N–C) groups is 1. The molecule has 2 fully saturated rings. The molecule has 1 aliphatic heterocycles. The Morgan fingerprint density at radius 1 is 1.29 bits per heavy atom. The molecule has 12 heteroatoms. The number of methoxy groups -OCH3 is 1. The summed E-state index contributed by atoms with van der Waals surface area (Å²) in [6.45, 7) is 3.66. The molecule has 1 saturated heterocycles. The molecular weight excluding hydrogens is 512 g/mol. The van der Waals surface area contributed by atoms with Crippen LogP contribution in [0, 0.1) is 5.41 Å². The molecule has 2 aliphatic rings. The van der Waals surface area contributed by atoms with Crippen LogP contribution < -0.4 is 10.6 Å². The Kier molecular flexibility index (Phi) is 9.74. The highest BCUT2D eigenvalue weighted by Gasteiger charge is 2.50. The zero-order valence-corrected chi connectivity index (χ0v) is 19.4. The van der Waals surface area contributed by atoms with Crippen LogP contribution in [0.4, 0.5) is 13.2 Å². The summed E-state index contributed by atoms with van der Waals surface area (Å²) < 4.78 is 66.6. The Balaban J connectivity index is 0.00000392. The monoisotopic (exact) mass is 542 g/mol. The molecule has 0 spiro atoms. The van der Waals surface area contributed by atoms with Gasteiger partial charge in [0.1, 0.15) is 0 Å². The summed E-state index contributed by atoms with van der Waals surface area (Å²) in [7, 11) is -3.57. The third kappa shape index (κ3) is 6.87. The zero-order chi connectivity index (χ0) is 20.1. The normalized spacial score (nSPS) is 21.1. The minimum Gasteiger partial charge on any atom is -0.385 e. The van der Waals surface area contributed by atoms with Crippen LogP contribution in [0.25, 0.3) is 0 Å². The molecule has 0 bridgehead atoms. The zero-order valence-electron chi connectivity index (χ0n) is 16.2. The first-order valence-corrected chi connectivity index (χ1v) is 10.7. The van der Waals surface area contributed by atoms with Gasteiger partial charge in [0.2, 0.25) is 0 Å². The van der Waals surface area contributed by atoms with E-state index in [0.29, 0.717) is 42.8 Å². The second-order valence-corrected chi connectivity index (χ2v) is 9.14. The number of piperidine rings is 1. The molecule has 0 aromatic heterocycles. The molecule has 0 unspecified atom stereocenters. The Labute approximate surface area is 181 Å². The van der Waals surface area contributed by atoms with Gasteiger partial charge < -0.3 is 15.4 Å². The maximum absolute atomic E-state index is 12.6. The van der Waals surface area contributed by atoms with Crippen molar-refractivity contribution >= 4 is 40.0 Å². The van der Waals surface area contributed by atoms with Gasteiger partial charge in [-0.25, -0.2) is 8.42 Å². The lowest BCUT2D eigenvalue weighted by atomic mass is 10.0. The van der Waals surface area contributed by atoms with Crippen molar-refractivity contribution in [2.24, 2.45) is 10.4 Å². The second kappa shape index (κ2) is 10.6. The van der Waals surface area contributed by atoms with Gasteiger partial charge in [-0.05, 0) is 44.4 Å². The lowest BCUT2D eigenvalue weighted by molar-refractivity contribution is -0.0494. The predicted octanol–water partition coefficient (Wildman–Crippen LogP) is 2.29. The van der Waals surface area contributed by atoms with E-state index in [0.717, 1.165) is 19.3 Å². The topological polar surface area (TPSA) is 83.0 Å². The van der Waals surface area contributed by atoms with Crippen LogP contribution in [0.3, 0.4) is 0 Å². The Morgan fingerprint density at radius 2 is 1.89 bits per heavy atom. The number of guanidine groups is 1. The van der Waals surface area contributed by atoms with E-state index in [-0.39, 0.29) is 48.5 Å². The molecule has 1 heterocycles. The Hall–Kier alpha value is -0.340. The number of hydrogen-bond acceptors (Lipinski definition) is 4. The lowest BCUT2D eigenvalue weighted by Crippen LogP contribution is -2.51. The third-order valence-electron chi connectivity index (χ3n) is 5.14. The number of hydrogen-bond donors (Lipinski definition) is 2. The van der Waals surface area contributed by atoms with Gasteiger partial charge in [-0.3, -0.25) is 4.99 Å². The average molecular weight is 542 g/mol. The number of alkyl halides is 3. The van der Waals surface area contributed by atoms with Crippen molar-refractivity contribution in [1.29, 1.82) is 0 Å². The van der Waals surface area contributed by atoms with Crippen LogP contribution >= 0.6 is 24.0 Å². The number of halogens is 4. The minimum atomic E-state index is -5.25. The molecule has 0 amide bonds. The number of nitrogens with one attached hydrogen (secondary N) is 2. The fourth-order valence-electron chi connectivity index (χ4n) is 3.13. The molecule has 1 aliphatic carbocycles. The smallest absolute Gasteiger partial charge is 0.385 e. The van der Waals surface area contributed by atoms with Crippen molar-refractivity contribution in [3.05, 3.63) is 0 Å². The first-order chi connectivity index (χ1) is 12.6. The fraction of sp³-hybridized carbons (Fsp3) is 0.938. The molecule has 0 atom stereocenters. The van der Waals surface area contributed by atoms with E-state index in [9.17, 15) is 21.6 Å². The summed E-state index contributed by atoms with van der Waals surface area (Å²) in [5.41, 5.74) is -5.05. The summed E-state index contributed by atoms with van der Waals surface area (Å²) in [6, 6.07) is -0.114. The number of nitrogens with zero attached hydrogens (tertiary/aromatic N) is 2. The minimum absolute atomic E-state index is 0. The fourth-order valence-corrected chi connectivity index (χ4v) is 4.11. The molecule has 2 rings (SSSR count). The molecule has 1 saturated carbocycles. The quantitative estimate of drug-likeness (QED) is 0.280. The Morgan fingerprint density at radius 3 is 2.36 bits per heavy atom. The van der Waals surface area contributed by atoms with Crippen molar-refractivity contribution in [3.8, 4) is 0 Å². The molecule has 7 nitrogen and oxygen atoms in total. The van der Waals surface area contributed by atoms with E-state index in [4.69, 9.17) is 4.74 Å². The van der Waals surface area contributed by atoms with Gasteiger partial charge in [0.25, 0.3) is 0 Å². The van der Waals surface area contributed by atoms with Crippen LogP contribution in [0.1, 0.15) is 39.0 Å². The van der Waals surface area contributed by atoms with Crippen molar-refractivity contribution < 1.29 is 26.3 Å². The molecule has 0 radical (unpaired) electrons. The van der Waals surface area contributed by atoms with E-state index in [1.165, 1.54) is 0 Å². The molecular formula is C16H30F3IN4O3S. The average Bonchev–Trinajstić information content (AvgIpc) is 3.38. The van der Waals surface area contributed by atoms with Crippen LogP contribution in [0.2, 0.25) is 0 Å². The highest BCUT2D eigenvalue weighted by atomic mass is 127. The van der Waals surface area contributed by atoms with E-state index < -0.39 is 15.5 Å². The molecule has 0 aromatic rings. The molecule has 28 heavy (non-hydrogen) atoms. The van der Waals surface area contributed by atoms with Gasteiger partial charge in [0.05, 0.1) is 0 Å². The van der Waals surface area contributed by atoms with E-state index in [2.05, 4.69) is 15.6 Å². The third-order valence-corrected chi connectivity index (χ3v) is 6.77. The van der Waals surface area contributed by atoms with Crippen molar-refractivity contribution in [3.63, 3.8) is 0 Å². The summed E-state index contributed by atoms with van der Waals surface area (Å²) in [5, 5.41) is 6.38. The van der Waals surface area contributed by atoms with Crippen LogP contribution in [-0.2, 0) is 14.8 Å². The van der Waals surface area contributed by atoms with Crippen molar-refractivity contribution in [2.75, 3.05) is 39.9 Å². The SMILES string of the molecule is CCNC(=NCC1(CCOC)CC1)NC1CCN(S(=O)(=O)C(F)(F)F)CC1.I. The van der Waals surface area contributed by atoms with E-state index >= 15 is 0 Å². The van der Waals surface area contributed by atoms with Crippen molar-refractivity contribution in [2.45, 2.75) is 50.6 Å². The number of sulfonamides is 1. The summed E-state index contributed by atoms with van der Waals surface area (Å²) in [5.74, 6) is 0.623. The van der Waals surface area contributed by atoms with Crippen molar-refractivity contribution in [1.82, 2.24) is 14.9 Å². The number of ether oxygens (including phenoxy) is 1. The van der Waals surface area contributed by atoms with Gasteiger partial charge in [0.15, 0.2) is 5.96 Å². The predicted molar refractivity (Wildman–Crippen MR) is 112 cm³/mol. The van der Waals surface area contributed by atoms with Crippen LogP contribution in [0.15, 0.2) is 4.99 Å². The molecule has 166 valence electrons. The second-order valence-electron chi connectivity index (χ2n) is 7.21. The summed E-state index contributed by atoms with van der Waals surface area (Å²) in [6.07, 6.45) is 3.79. The molecule has 2 N–H and O–H groups in total. The largest absolute Gasteiger partial charge is 0.511 e. The summed E-state index contributed by atoms with van der Waals surface area (Å²) in [4.78, 5) is 4.63. The lowest BCUT2D eigenvalue weighted by Gasteiger charge is -2.32. The molecule has 0 aromatic carbocycles. The maximum Gasteiger partial charge on any atom is 0.511 e. The van der Waals surface area contributed by atoms with Gasteiger partial charge in [-0.1, -0.05) is 0 Å². The first-order valence-electron chi connectivity index (χ1n) is 9.24. The highest BCUT2D eigenvalue weighted by molar-refractivity contribution is 14.0. The van der Waals surface area contributed by atoms with Crippen LogP contribution in [0.5, 0.6) is 0 Å². The maximum atomic E-state index is 12.6. The van der Waals surface area contributed by atoms with E-state index in [1.54, 1.807) is 7.11 Å². The Bertz CT molecular complexity index is 619. The van der Waals surface area contributed by atoms with Gasteiger partial charge in [-0.2, -0.15) is 17.5 Å². The number of rotatable bonds is 8. The standard InChI is InChI=1S/C16H29F3N4O3S.HI/c1-3-20-14(21-12-15(6-7-15)8-11-26-2)22-13-4-9-23(10-5-13)27(24,25)16(17,18)19;/h13H,3-12H2,1-2H3,(H2,20,21,22);1H. The van der Waals surface area contributed by atoms with Gasteiger partial charge in [0, 0.05) is 45.9 Å². The van der Waals surface area contributed by atoms with Gasteiger partial charge >= 0.3 is 15.5 Å². The van der Waals surface area contributed by atoms with E-state index in [1.807, 2.05) is 6.92 Å². The highest BCUT2D eigenvalue weighted by Crippen LogP contribution is 2.48. The first kappa shape index (κ1) is 25.7. The summed E-state index contributed by atoms with van der Waals surface area (Å²) >= 11 is 0.